The molecule has 0 fully saturated rings. The summed E-state index contributed by atoms with van der Waals surface area (Å²) in [5.74, 6) is -1.06. The highest BCUT2D eigenvalue weighted by Crippen LogP contribution is 2.26. The Morgan fingerprint density at radius 1 is 1.29 bits per heavy atom. The van der Waals surface area contributed by atoms with Crippen LogP contribution in [0.2, 0.25) is 0 Å². The van der Waals surface area contributed by atoms with Crippen molar-refractivity contribution >= 4 is 21.8 Å². The van der Waals surface area contributed by atoms with E-state index in [1.54, 1.807) is 12.1 Å². The van der Waals surface area contributed by atoms with Gasteiger partial charge >= 0.3 is 5.97 Å². The molecule has 0 amide bonds. The largest absolute Gasteiger partial charge is 0.495 e. The number of pyridine rings is 1. The summed E-state index contributed by atoms with van der Waals surface area (Å²) in [7, 11) is -2.71. The first kappa shape index (κ1) is 14.8. The first-order valence-corrected chi connectivity index (χ1v) is 7.27. The molecular formula is C13H12N2O5S. The van der Waals surface area contributed by atoms with E-state index in [1.807, 2.05) is 0 Å². The van der Waals surface area contributed by atoms with Gasteiger partial charge in [-0.1, -0.05) is 6.07 Å². The molecule has 1 heterocycles. The van der Waals surface area contributed by atoms with E-state index in [-0.39, 0.29) is 22.0 Å². The van der Waals surface area contributed by atoms with Crippen LogP contribution in [0.4, 0.5) is 5.82 Å². The van der Waals surface area contributed by atoms with Gasteiger partial charge in [-0.25, -0.2) is 18.2 Å². The van der Waals surface area contributed by atoms with Crippen LogP contribution in [0.5, 0.6) is 5.75 Å². The van der Waals surface area contributed by atoms with Crippen LogP contribution in [-0.2, 0) is 10.0 Å². The minimum atomic E-state index is -4.01. The molecule has 0 aliphatic heterocycles. The number of nitrogens with one attached hydrogen (secondary N) is 1. The maximum atomic E-state index is 12.3. The highest BCUT2D eigenvalue weighted by molar-refractivity contribution is 7.92. The Morgan fingerprint density at radius 3 is 2.62 bits per heavy atom. The first-order chi connectivity index (χ1) is 9.94. The molecule has 21 heavy (non-hydrogen) atoms. The summed E-state index contributed by atoms with van der Waals surface area (Å²) in [5, 5.41) is 8.96. The molecule has 0 saturated heterocycles. The minimum Gasteiger partial charge on any atom is -0.495 e. The quantitative estimate of drug-likeness (QED) is 0.869. The van der Waals surface area contributed by atoms with E-state index in [0.717, 1.165) is 6.07 Å². The van der Waals surface area contributed by atoms with E-state index < -0.39 is 16.0 Å². The smallest absolute Gasteiger partial charge is 0.335 e. The van der Waals surface area contributed by atoms with Crippen LogP contribution in [-0.4, -0.2) is 31.6 Å². The number of anilines is 1. The van der Waals surface area contributed by atoms with Crippen molar-refractivity contribution in [3.8, 4) is 5.75 Å². The van der Waals surface area contributed by atoms with Crippen LogP contribution >= 0.6 is 0 Å². The summed E-state index contributed by atoms with van der Waals surface area (Å²) in [6.45, 7) is 0. The molecule has 0 atom stereocenters. The predicted molar refractivity (Wildman–Crippen MR) is 75.0 cm³/mol. The maximum Gasteiger partial charge on any atom is 0.335 e. The molecule has 8 heteroatoms. The van der Waals surface area contributed by atoms with Crippen molar-refractivity contribution in [2.75, 3.05) is 11.8 Å². The van der Waals surface area contributed by atoms with Crippen molar-refractivity contribution in [2.24, 2.45) is 0 Å². The number of carboxylic acid groups (broad SMARTS) is 1. The highest BCUT2D eigenvalue weighted by Gasteiger charge is 2.22. The summed E-state index contributed by atoms with van der Waals surface area (Å²) in [5.41, 5.74) is -0.155. The third-order valence-corrected chi connectivity index (χ3v) is 3.98. The number of ether oxygens (including phenoxy) is 1. The van der Waals surface area contributed by atoms with Crippen LogP contribution in [0.3, 0.4) is 0 Å². The number of hydrogen-bond donors (Lipinski definition) is 2. The topological polar surface area (TPSA) is 106 Å². The molecule has 0 aliphatic carbocycles. The molecule has 0 saturated carbocycles. The van der Waals surface area contributed by atoms with Gasteiger partial charge in [0.1, 0.15) is 16.5 Å². The summed E-state index contributed by atoms with van der Waals surface area (Å²) in [6, 6.07) is 8.33. The van der Waals surface area contributed by atoms with Crippen LogP contribution in [0.15, 0.2) is 47.5 Å². The van der Waals surface area contributed by atoms with Crippen LogP contribution < -0.4 is 9.46 Å². The number of sulfonamides is 1. The molecule has 0 unspecified atom stereocenters. The molecule has 2 aromatic rings. The number of rotatable bonds is 5. The Morgan fingerprint density at radius 2 is 2.05 bits per heavy atom. The van der Waals surface area contributed by atoms with E-state index >= 15 is 0 Å². The van der Waals surface area contributed by atoms with Crippen molar-refractivity contribution in [1.82, 2.24) is 4.98 Å². The molecule has 0 radical (unpaired) electrons. The zero-order chi connectivity index (χ0) is 15.5. The number of aromatic nitrogens is 1. The molecule has 0 spiro atoms. The van der Waals surface area contributed by atoms with Gasteiger partial charge in [-0.05, 0) is 30.3 Å². The molecule has 2 N–H and O–H groups in total. The average molecular weight is 308 g/mol. The Kier molecular flexibility index (Phi) is 4.08. The van der Waals surface area contributed by atoms with E-state index in [1.165, 1.54) is 31.5 Å². The van der Waals surface area contributed by atoms with Crippen molar-refractivity contribution in [2.45, 2.75) is 4.90 Å². The fraction of sp³-hybridized carbons (Fsp3) is 0.0769. The molecule has 0 bridgehead atoms. The Labute approximate surface area is 121 Å². The van der Waals surface area contributed by atoms with Gasteiger partial charge in [-0.2, -0.15) is 0 Å². The Balaban J connectivity index is 2.48. The zero-order valence-electron chi connectivity index (χ0n) is 11.0. The third-order valence-electron chi connectivity index (χ3n) is 2.60. The molecule has 1 aromatic carbocycles. The van der Waals surface area contributed by atoms with Crippen molar-refractivity contribution in [3.63, 3.8) is 0 Å². The number of nitrogens with zero attached hydrogens (tertiary/aromatic N) is 1. The minimum absolute atomic E-state index is 0.0448. The zero-order valence-corrected chi connectivity index (χ0v) is 11.8. The van der Waals surface area contributed by atoms with Gasteiger partial charge in [-0.3, -0.25) is 4.72 Å². The van der Waals surface area contributed by atoms with Gasteiger partial charge in [0, 0.05) is 6.20 Å². The van der Waals surface area contributed by atoms with Crippen molar-refractivity contribution in [3.05, 3.63) is 48.2 Å². The van der Waals surface area contributed by atoms with Gasteiger partial charge in [0.2, 0.25) is 0 Å². The number of carbonyl (C=O) groups is 1. The monoisotopic (exact) mass is 308 g/mol. The highest BCUT2D eigenvalue weighted by atomic mass is 32.2. The molecule has 7 nitrogen and oxygen atoms in total. The predicted octanol–water partition coefficient (Wildman–Crippen LogP) is 1.59. The molecule has 0 aliphatic rings. The average Bonchev–Trinajstić information content (AvgIpc) is 2.47. The molecule has 1 aromatic heterocycles. The fourth-order valence-electron chi connectivity index (χ4n) is 1.64. The lowest BCUT2D eigenvalue weighted by atomic mass is 10.2. The van der Waals surface area contributed by atoms with Crippen molar-refractivity contribution < 1.29 is 23.1 Å². The van der Waals surface area contributed by atoms with Crippen molar-refractivity contribution in [1.29, 1.82) is 0 Å². The van der Waals surface area contributed by atoms with Gasteiger partial charge in [0.25, 0.3) is 10.0 Å². The summed E-state index contributed by atoms with van der Waals surface area (Å²) in [4.78, 5) is 14.6. The number of methoxy groups -OCH3 is 1. The van der Waals surface area contributed by atoms with E-state index in [9.17, 15) is 13.2 Å². The van der Waals surface area contributed by atoms with Gasteiger partial charge in [0.15, 0.2) is 0 Å². The molecule has 110 valence electrons. The van der Waals surface area contributed by atoms with Gasteiger partial charge < -0.3 is 9.84 Å². The number of hydrogen-bond acceptors (Lipinski definition) is 5. The van der Waals surface area contributed by atoms with E-state index in [0.29, 0.717) is 0 Å². The summed E-state index contributed by atoms with van der Waals surface area (Å²) >= 11 is 0. The summed E-state index contributed by atoms with van der Waals surface area (Å²) in [6.07, 6.45) is 1.43. The van der Waals surface area contributed by atoms with Gasteiger partial charge in [-0.15, -0.1) is 0 Å². The number of aromatic carboxylic acids is 1. The third kappa shape index (κ3) is 3.29. The Bertz CT molecular complexity index is 759. The van der Waals surface area contributed by atoms with Crippen LogP contribution in [0, 0.1) is 0 Å². The van der Waals surface area contributed by atoms with E-state index in [4.69, 9.17) is 9.84 Å². The molecule has 2 rings (SSSR count). The first-order valence-electron chi connectivity index (χ1n) is 5.79. The second kappa shape index (κ2) is 5.80. The van der Waals surface area contributed by atoms with Crippen LogP contribution in [0.25, 0.3) is 0 Å². The summed E-state index contributed by atoms with van der Waals surface area (Å²) < 4.78 is 31.9. The number of carboxylic acids is 1. The second-order valence-electron chi connectivity index (χ2n) is 3.99. The normalized spacial score (nSPS) is 10.9. The lowest BCUT2D eigenvalue weighted by Gasteiger charge is -2.11. The maximum absolute atomic E-state index is 12.3. The van der Waals surface area contributed by atoms with Gasteiger partial charge in [0.05, 0.1) is 12.7 Å². The standard InChI is InChI=1S/C13H12N2O5S/c1-20-10-6-5-9(13(16)17)8-11(10)21(18,19)15-12-4-2-3-7-14-12/h2-8H,1H3,(H,14,15)(H,16,17). The second-order valence-corrected chi connectivity index (χ2v) is 5.64. The Hall–Kier alpha value is -2.61. The lowest BCUT2D eigenvalue weighted by Crippen LogP contribution is -2.15. The number of benzene rings is 1. The van der Waals surface area contributed by atoms with E-state index in [2.05, 4.69) is 9.71 Å². The lowest BCUT2D eigenvalue weighted by molar-refractivity contribution is 0.0696. The molecular weight excluding hydrogens is 296 g/mol. The fourth-order valence-corrected chi connectivity index (χ4v) is 2.84. The SMILES string of the molecule is COc1ccc(C(=O)O)cc1S(=O)(=O)Nc1ccccn1. The van der Waals surface area contributed by atoms with Crippen LogP contribution in [0.1, 0.15) is 10.4 Å².